The number of carbonyl (C=O) groups excluding carboxylic acids is 1. The number of amides is 1. The highest BCUT2D eigenvalue weighted by Crippen LogP contribution is 2.26. The summed E-state index contributed by atoms with van der Waals surface area (Å²) in [6.07, 6.45) is 3.83. The maximum Gasteiger partial charge on any atom is 0.238 e. The first-order valence-electron chi connectivity index (χ1n) is 9.66. The molecule has 12 heteroatoms. The van der Waals surface area contributed by atoms with Crippen LogP contribution >= 0.6 is 11.8 Å². The Morgan fingerprint density at radius 1 is 1.19 bits per heavy atom. The molecule has 0 atom stereocenters. The average molecular weight is 463 g/mol. The zero-order valence-electron chi connectivity index (χ0n) is 16.6. The lowest BCUT2D eigenvalue weighted by Crippen LogP contribution is -2.23. The van der Waals surface area contributed by atoms with E-state index in [1.54, 1.807) is 12.3 Å². The van der Waals surface area contributed by atoms with Crippen molar-refractivity contribution in [2.45, 2.75) is 29.4 Å². The number of nitrogens with two attached hydrogens (primary N) is 1. The van der Waals surface area contributed by atoms with Gasteiger partial charge in [0.1, 0.15) is 5.76 Å². The summed E-state index contributed by atoms with van der Waals surface area (Å²) in [6.45, 7) is 2.30. The minimum Gasteiger partial charge on any atom is -0.467 e. The summed E-state index contributed by atoms with van der Waals surface area (Å²) in [4.78, 5) is 14.6. The van der Waals surface area contributed by atoms with E-state index < -0.39 is 10.0 Å². The van der Waals surface area contributed by atoms with Crippen LogP contribution in [-0.2, 0) is 21.4 Å². The molecule has 3 heterocycles. The van der Waals surface area contributed by atoms with E-state index in [1.165, 1.54) is 30.0 Å². The van der Waals surface area contributed by atoms with Gasteiger partial charge in [0, 0.05) is 18.8 Å². The number of hydrogen-bond donors (Lipinski definition) is 2. The highest BCUT2D eigenvalue weighted by atomic mass is 32.2. The molecule has 3 aromatic rings. The molecule has 1 saturated heterocycles. The third kappa shape index (κ3) is 5.27. The molecule has 164 valence electrons. The second kappa shape index (κ2) is 9.12. The molecular weight excluding hydrogens is 440 g/mol. The van der Waals surface area contributed by atoms with Crippen molar-refractivity contribution < 1.29 is 17.6 Å². The first kappa shape index (κ1) is 21.4. The van der Waals surface area contributed by atoms with E-state index in [9.17, 15) is 13.2 Å². The second-order valence-electron chi connectivity index (χ2n) is 7.05. The predicted octanol–water partition coefficient (Wildman–Crippen LogP) is 1.90. The van der Waals surface area contributed by atoms with E-state index in [-0.39, 0.29) is 16.6 Å². The van der Waals surface area contributed by atoms with Gasteiger partial charge in [0.15, 0.2) is 5.16 Å². The van der Waals surface area contributed by atoms with Crippen molar-refractivity contribution in [1.82, 2.24) is 14.8 Å². The van der Waals surface area contributed by atoms with Gasteiger partial charge < -0.3 is 14.6 Å². The van der Waals surface area contributed by atoms with Gasteiger partial charge in [0.05, 0.1) is 23.5 Å². The first-order valence-corrected chi connectivity index (χ1v) is 12.2. The molecule has 10 nitrogen and oxygen atoms in total. The largest absolute Gasteiger partial charge is 0.467 e. The van der Waals surface area contributed by atoms with Gasteiger partial charge in [-0.1, -0.05) is 17.8 Å². The van der Waals surface area contributed by atoms with Crippen LogP contribution in [0.15, 0.2) is 57.1 Å². The van der Waals surface area contributed by atoms with Crippen LogP contribution in [0.1, 0.15) is 18.6 Å². The fourth-order valence-electron chi connectivity index (χ4n) is 3.31. The number of hydrogen-bond acceptors (Lipinski definition) is 8. The number of furan rings is 1. The fourth-order valence-corrected chi connectivity index (χ4v) is 4.61. The van der Waals surface area contributed by atoms with E-state index in [4.69, 9.17) is 9.56 Å². The van der Waals surface area contributed by atoms with Crippen molar-refractivity contribution in [2.24, 2.45) is 5.14 Å². The monoisotopic (exact) mass is 462 g/mol. The number of aromatic nitrogens is 3. The maximum atomic E-state index is 12.4. The molecule has 3 N–H and O–H groups in total. The lowest BCUT2D eigenvalue weighted by atomic mass is 10.3. The van der Waals surface area contributed by atoms with Crippen molar-refractivity contribution >= 4 is 39.3 Å². The van der Waals surface area contributed by atoms with Gasteiger partial charge in [-0.05, 0) is 43.2 Å². The smallest absolute Gasteiger partial charge is 0.238 e. The summed E-state index contributed by atoms with van der Waals surface area (Å²) in [5.41, 5.74) is 0.354. The molecular formula is C19H22N6O4S2. The zero-order chi connectivity index (χ0) is 21.8. The quantitative estimate of drug-likeness (QED) is 0.484. The molecule has 2 aromatic heterocycles. The van der Waals surface area contributed by atoms with Crippen molar-refractivity contribution in [3.05, 3.63) is 48.4 Å². The van der Waals surface area contributed by atoms with Crippen LogP contribution < -0.4 is 15.4 Å². The lowest BCUT2D eigenvalue weighted by molar-refractivity contribution is -0.113. The minimum atomic E-state index is -3.84. The standard InChI is InChI=1S/C19H22N6O4S2/c20-31(27,28)16-7-3-5-14(11-16)21-17(26)13-30-19-23-22-18(24-8-1-2-9-24)25(19)12-15-6-4-10-29-15/h3-7,10-11H,1-2,8-9,12-13H2,(H,21,26)(H2,20,27,28). The van der Waals surface area contributed by atoms with Crippen molar-refractivity contribution in [2.75, 3.05) is 29.1 Å². The van der Waals surface area contributed by atoms with Crippen molar-refractivity contribution in [3.63, 3.8) is 0 Å². The van der Waals surface area contributed by atoms with Crippen LogP contribution in [-0.4, -0.2) is 47.9 Å². The number of anilines is 2. The molecule has 0 saturated carbocycles. The summed E-state index contributed by atoms with van der Waals surface area (Å²) in [7, 11) is -3.84. The highest BCUT2D eigenvalue weighted by Gasteiger charge is 2.22. The molecule has 4 rings (SSSR count). The van der Waals surface area contributed by atoms with Gasteiger partial charge >= 0.3 is 0 Å². The highest BCUT2D eigenvalue weighted by molar-refractivity contribution is 7.99. The van der Waals surface area contributed by atoms with Crippen LogP contribution in [0.2, 0.25) is 0 Å². The van der Waals surface area contributed by atoms with E-state index in [2.05, 4.69) is 20.4 Å². The molecule has 0 spiro atoms. The van der Waals surface area contributed by atoms with E-state index in [0.29, 0.717) is 17.4 Å². The molecule has 0 radical (unpaired) electrons. The first-order chi connectivity index (χ1) is 14.9. The third-order valence-corrected chi connectivity index (χ3v) is 6.64. The van der Waals surface area contributed by atoms with Crippen LogP contribution in [0.5, 0.6) is 0 Å². The lowest BCUT2D eigenvalue weighted by Gasteiger charge is -2.17. The van der Waals surface area contributed by atoms with Crippen LogP contribution in [0.25, 0.3) is 0 Å². The van der Waals surface area contributed by atoms with Gasteiger partial charge in [-0.15, -0.1) is 10.2 Å². The number of sulfonamides is 1. The fraction of sp³-hybridized carbons (Fsp3) is 0.316. The zero-order valence-corrected chi connectivity index (χ0v) is 18.2. The summed E-state index contributed by atoms with van der Waals surface area (Å²) in [6, 6.07) is 9.52. The number of rotatable bonds is 8. The number of carbonyl (C=O) groups is 1. The molecule has 1 aliphatic heterocycles. The van der Waals surface area contributed by atoms with Gasteiger partial charge in [0.2, 0.25) is 21.9 Å². The number of nitrogens with one attached hydrogen (secondary N) is 1. The minimum absolute atomic E-state index is 0.0635. The number of primary sulfonamides is 1. The molecule has 31 heavy (non-hydrogen) atoms. The number of thioether (sulfide) groups is 1. The second-order valence-corrected chi connectivity index (χ2v) is 9.56. The van der Waals surface area contributed by atoms with Crippen molar-refractivity contribution in [1.29, 1.82) is 0 Å². The van der Waals surface area contributed by atoms with Gasteiger partial charge in [0.25, 0.3) is 0 Å². The molecule has 1 fully saturated rings. The number of benzene rings is 1. The summed E-state index contributed by atoms with van der Waals surface area (Å²) in [5, 5.41) is 17.1. The van der Waals surface area contributed by atoms with Gasteiger partial charge in [-0.2, -0.15) is 0 Å². The Balaban J connectivity index is 1.46. The molecule has 0 bridgehead atoms. The van der Waals surface area contributed by atoms with Crippen LogP contribution in [0, 0.1) is 0 Å². The SMILES string of the molecule is NS(=O)(=O)c1cccc(NC(=O)CSc2nnc(N3CCCC3)n2Cc2ccco2)c1. The van der Waals surface area contributed by atoms with Crippen LogP contribution in [0.3, 0.4) is 0 Å². The average Bonchev–Trinajstić information content (AvgIpc) is 3.49. The number of nitrogens with zero attached hydrogens (tertiary/aromatic N) is 4. The molecule has 1 aliphatic rings. The maximum absolute atomic E-state index is 12.4. The summed E-state index contributed by atoms with van der Waals surface area (Å²) >= 11 is 1.25. The van der Waals surface area contributed by atoms with Crippen LogP contribution in [0.4, 0.5) is 11.6 Å². The normalized spacial score (nSPS) is 14.2. The Morgan fingerprint density at radius 2 is 2.00 bits per heavy atom. The Kier molecular flexibility index (Phi) is 6.30. The van der Waals surface area contributed by atoms with Gasteiger partial charge in [-0.25, -0.2) is 13.6 Å². The Labute approximate surface area is 183 Å². The summed E-state index contributed by atoms with van der Waals surface area (Å²) in [5.74, 6) is 1.31. The molecule has 0 unspecified atom stereocenters. The van der Waals surface area contributed by atoms with E-state index in [0.717, 1.165) is 37.6 Å². The molecule has 1 amide bonds. The van der Waals surface area contributed by atoms with E-state index >= 15 is 0 Å². The third-order valence-electron chi connectivity index (χ3n) is 4.76. The van der Waals surface area contributed by atoms with Crippen molar-refractivity contribution in [3.8, 4) is 0 Å². The topological polar surface area (TPSA) is 136 Å². The Bertz CT molecular complexity index is 1150. The molecule has 1 aromatic carbocycles. The predicted molar refractivity (Wildman–Crippen MR) is 116 cm³/mol. The summed E-state index contributed by atoms with van der Waals surface area (Å²) < 4.78 is 30.4. The van der Waals surface area contributed by atoms with E-state index in [1.807, 2.05) is 16.7 Å². The Morgan fingerprint density at radius 3 is 2.71 bits per heavy atom. The Hall–Kier alpha value is -2.83. The molecule has 0 aliphatic carbocycles. The van der Waals surface area contributed by atoms with Gasteiger partial charge in [-0.3, -0.25) is 9.36 Å².